The molecule has 1 aliphatic heterocycles. The van der Waals surface area contributed by atoms with Crippen LogP contribution in [0, 0.1) is 5.92 Å². The van der Waals surface area contributed by atoms with Gasteiger partial charge in [0.25, 0.3) is 0 Å². The van der Waals surface area contributed by atoms with Crippen molar-refractivity contribution in [1.82, 2.24) is 10.2 Å². The molecule has 0 saturated carbocycles. The topological polar surface area (TPSA) is 41.6 Å². The van der Waals surface area contributed by atoms with E-state index in [9.17, 15) is 4.79 Å². The van der Waals surface area contributed by atoms with Gasteiger partial charge in [-0.15, -0.1) is 0 Å². The summed E-state index contributed by atoms with van der Waals surface area (Å²) < 4.78 is 5.59. The van der Waals surface area contributed by atoms with E-state index in [0.29, 0.717) is 5.92 Å². The fourth-order valence-corrected chi connectivity index (χ4v) is 2.25. The normalized spacial score (nSPS) is 18.5. The Bertz CT molecular complexity index is 292. The van der Waals surface area contributed by atoms with Gasteiger partial charge < -0.3 is 15.0 Å². The Kier molecular flexibility index (Phi) is 5.82. The third-order valence-electron chi connectivity index (χ3n) is 3.41. The number of carbonyl (C=O) groups is 1. The first-order valence-electron chi connectivity index (χ1n) is 6.67. The second-order valence-electron chi connectivity index (χ2n) is 5.71. The number of ether oxygens (including phenoxy) is 1. The zero-order valence-corrected chi connectivity index (χ0v) is 12.0. The summed E-state index contributed by atoms with van der Waals surface area (Å²) in [5.74, 6) is 0.213. The Morgan fingerprint density at radius 2 is 2.00 bits per heavy atom. The first-order valence-corrected chi connectivity index (χ1v) is 6.67. The van der Waals surface area contributed by atoms with E-state index in [1.165, 1.54) is 6.08 Å². The number of esters is 1. The van der Waals surface area contributed by atoms with Crippen molar-refractivity contribution in [3.8, 4) is 0 Å². The molecule has 4 nitrogen and oxygen atoms in total. The molecule has 0 atom stereocenters. The average Bonchev–Trinajstić information content (AvgIpc) is 2.29. The van der Waals surface area contributed by atoms with E-state index in [1.54, 1.807) is 0 Å². The number of piperidine rings is 1. The molecule has 0 unspecified atom stereocenters. The molecule has 104 valence electrons. The third-order valence-corrected chi connectivity index (χ3v) is 3.41. The van der Waals surface area contributed by atoms with E-state index in [4.69, 9.17) is 4.74 Å². The lowest BCUT2D eigenvalue weighted by atomic mass is 9.83. The Labute approximate surface area is 110 Å². The number of hydrogen-bond acceptors (Lipinski definition) is 4. The predicted molar refractivity (Wildman–Crippen MR) is 73.5 cm³/mol. The van der Waals surface area contributed by atoms with Crippen molar-refractivity contribution in [3.63, 3.8) is 0 Å². The van der Waals surface area contributed by atoms with Crippen LogP contribution in [-0.4, -0.2) is 50.2 Å². The Balaban J connectivity index is 2.43. The van der Waals surface area contributed by atoms with E-state index in [-0.39, 0.29) is 11.6 Å². The van der Waals surface area contributed by atoms with E-state index < -0.39 is 0 Å². The first-order chi connectivity index (χ1) is 8.42. The van der Waals surface area contributed by atoms with Crippen LogP contribution in [0.15, 0.2) is 12.2 Å². The molecule has 1 rings (SSSR count). The van der Waals surface area contributed by atoms with Crippen molar-refractivity contribution in [2.45, 2.75) is 32.3 Å². The Morgan fingerprint density at radius 1 is 1.39 bits per heavy atom. The maximum atomic E-state index is 11.7. The molecule has 1 heterocycles. The minimum atomic E-state index is -0.373. The molecule has 0 aromatic carbocycles. The van der Waals surface area contributed by atoms with Crippen LogP contribution in [-0.2, 0) is 9.53 Å². The van der Waals surface area contributed by atoms with Crippen LogP contribution in [0.3, 0.4) is 0 Å². The third kappa shape index (κ3) is 5.19. The van der Waals surface area contributed by atoms with Crippen molar-refractivity contribution in [2.24, 2.45) is 5.92 Å². The molecule has 0 aromatic rings. The van der Waals surface area contributed by atoms with Crippen LogP contribution in [0.4, 0.5) is 0 Å². The second-order valence-corrected chi connectivity index (χ2v) is 5.71. The summed E-state index contributed by atoms with van der Waals surface area (Å²) in [5.41, 5.74) is -0.373. The second kappa shape index (κ2) is 6.90. The lowest BCUT2D eigenvalue weighted by Gasteiger charge is -2.36. The molecule has 0 aromatic heterocycles. The summed E-state index contributed by atoms with van der Waals surface area (Å²) in [6, 6.07) is 0. The van der Waals surface area contributed by atoms with Gasteiger partial charge in [0, 0.05) is 18.5 Å². The monoisotopic (exact) mass is 254 g/mol. The Morgan fingerprint density at radius 3 is 2.56 bits per heavy atom. The standard InChI is InChI=1S/C14H26N2O2/c1-14(2,12-7-9-15-10-8-12)18-13(17)6-5-11-16(3)4/h5-6,12,15H,7-11H2,1-4H3/b6-5+. The number of rotatable bonds is 5. The van der Waals surface area contributed by atoms with Crippen LogP contribution in [0.5, 0.6) is 0 Å². The molecule has 18 heavy (non-hydrogen) atoms. The van der Waals surface area contributed by atoms with Gasteiger partial charge >= 0.3 is 5.97 Å². The number of likely N-dealkylation sites (N-methyl/N-ethyl adjacent to an activating group) is 1. The molecule has 0 radical (unpaired) electrons. The molecule has 1 N–H and O–H groups in total. The minimum Gasteiger partial charge on any atom is -0.456 e. The van der Waals surface area contributed by atoms with E-state index in [2.05, 4.69) is 5.32 Å². The first kappa shape index (κ1) is 15.2. The molecule has 0 bridgehead atoms. The molecule has 0 amide bonds. The average molecular weight is 254 g/mol. The van der Waals surface area contributed by atoms with Gasteiger partial charge in [-0.25, -0.2) is 4.79 Å². The zero-order valence-electron chi connectivity index (χ0n) is 12.0. The molecule has 0 aliphatic carbocycles. The quantitative estimate of drug-likeness (QED) is 0.595. The van der Waals surface area contributed by atoms with E-state index >= 15 is 0 Å². The molecule has 4 heteroatoms. The van der Waals surface area contributed by atoms with Gasteiger partial charge in [0.1, 0.15) is 5.60 Å². The van der Waals surface area contributed by atoms with Crippen molar-refractivity contribution >= 4 is 5.97 Å². The SMILES string of the molecule is CN(C)C/C=C/C(=O)OC(C)(C)C1CCNCC1. The van der Waals surface area contributed by atoms with Crippen LogP contribution < -0.4 is 5.32 Å². The lowest BCUT2D eigenvalue weighted by molar-refractivity contribution is -0.156. The number of hydrogen-bond donors (Lipinski definition) is 1. The molecule has 1 saturated heterocycles. The van der Waals surface area contributed by atoms with Crippen molar-refractivity contribution in [3.05, 3.63) is 12.2 Å². The molecule has 1 aliphatic rings. The molecule has 0 spiro atoms. The van der Waals surface area contributed by atoms with Crippen LogP contribution in [0.2, 0.25) is 0 Å². The number of carbonyl (C=O) groups excluding carboxylic acids is 1. The maximum Gasteiger partial charge on any atom is 0.331 e. The van der Waals surface area contributed by atoms with Crippen LogP contribution in [0.25, 0.3) is 0 Å². The highest BCUT2D eigenvalue weighted by molar-refractivity contribution is 5.82. The smallest absolute Gasteiger partial charge is 0.331 e. The summed E-state index contributed by atoms with van der Waals surface area (Å²) in [6.45, 7) is 6.81. The maximum absolute atomic E-state index is 11.7. The highest BCUT2D eigenvalue weighted by atomic mass is 16.6. The van der Waals surface area contributed by atoms with Crippen molar-refractivity contribution < 1.29 is 9.53 Å². The van der Waals surface area contributed by atoms with Gasteiger partial charge in [0.2, 0.25) is 0 Å². The Hall–Kier alpha value is -0.870. The van der Waals surface area contributed by atoms with Gasteiger partial charge in [-0.05, 0) is 53.9 Å². The zero-order chi connectivity index (χ0) is 13.6. The van der Waals surface area contributed by atoms with E-state index in [1.807, 2.05) is 38.9 Å². The highest BCUT2D eigenvalue weighted by Gasteiger charge is 2.33. The fourth-order valence-electron chi connectivity index (χ4n) is 2.25. The molecular weight excluding hydrogens is 228 g/mol. The fraction of sp³-hybridized carbons (Fsp3) is 0.786. The largest absolute Gasteiger partial charge is 0.456 e. The lowest BCUT2D eigenvalue weighted by Crippen LogP contribution is -2.42. The summed E-state index contributed by atoms with van der Waals surface area (Å²) in [5, 5.41) is 3.33. The summed E-state index contributed by atoms with van der Waals surface area (Å²) in [6.07, 6.45) is 5.51. The van der Waals surface area contributed by atoms with E-state index in [0.717, 1.165) is 32.5 Å². The van der Waals surface area contributed by atoms with Gasteiger partial charge in [-0.1, -0.05) is 6.08 Å². The van der Waals surface area contributed by atoms with Crippen molar-refractivity contribution in [1.29, 1.82) is 0 Å². The van der Waals surface area contributed by atoms with Crippen molar-refractivity contribution in [2.75, 3.05) is 33.7 Å². The summed E-state index contributed by atoms with van der Waals surface area (Å²) in [7, 11) is 3.93. The van der Waals surface area contributed by atoms with Gasteiger partial charge in [0.05, 0.1) is 0 Å². The summed E-state index contributed by atoms with van der Waals surface area (Å²) >= 11 is 0. The number of nitrogens with one attached hydrogen (secondary N) is 1. The van der Waals surface area contributed by atoms with Crippen LogP contribution >= 0.6 is 0 Å². The highest BCUT2D eigenvalue weighted by Crippen LogP contribution is 2.28. The van der Waals surface area contributed by atoms with Gasteiger partial charge in [-0.3, -0.25) is 0 Å². The van der Waals surface area contributed by atoms with Crippen LogP contribution in [0.1, 0.15) is 26.7 Å². The van der Waals surface area contributed by atoms with Gasteiger partial charge in [0.15, 0.2) is 0 Å². The predicted octanol–water partition coefficient (Wildman–Crippen LogP) is 1.43. The minimum absolute atomic E-state index is 0.236. The summed E-state index contributed by atoms with van der Waals surface area (Å²) in [4.78, 5) is 13.7. The molecule has 1 fully saturated rings. The van der Waals surface area contributed by atoms with Gasteiger partial charge in [-0.2, -0.15) is 0 Å². The number of nitrogens with zero attached hydrogens (tertiary/aromatic N) is 1. The molecular formula is C14H26N2O2.